The number of aliphatic carboxylic acids is 1. The van der Waals surface area contributed by atoms with E-state index in [0.717, 1.165) is 34.1 Å². The summed E-state index contributed by atoms with van der Waals surface area (Å²) in [6, 6.07) is 12.1. The molecule has 1 fully saturated rings. The molecule has 3 aromatic rings. The van der Waals surface area contributed by atoms with Crippen molar-refractivity contribution < 1.29 is 33.1 Å². The van der Waals surface area contributed by atoms with E-state index in [9.17, 15) is 33.1 Å². The summed E-state index contributed by atoms with van der Waals surface area (Å²) in [5, 5.41) is 14.9. The monoisotopic (exact) mass is 590 g/mol. The summed E-state index contributed by atoms with van der Waals surface area (Å²) < 4.78 is 26.8. The average molecular weight is 591 g/mol. The van der Waals surface area contributed by atoms with Crippen molar-refractivity contribution in [2.75, 3.05) is 18.4 Å². The maximum Gasteiger partial charge on any atom is 0.323 e. The third kappa shape index (κ3) is 6.67. The van der Waals surface area contributed by atoms with Gasteiger partial charge in [0.2, 0.25) is 0 Å². The SMILES string of the molecule is O=C(O)CC(NC(=O)C1N(C(=O)Nc2ccc(F)cc2)CCN1C(=O)c1ccc(Cl)c(Cl)c1)c1ccc(F)cc1. The number of rotatable bonds is 7. The summed E-state index contributed by atoms with van der Waals surface area (Å²) in [7, 11) is 0. The summed E-state index contributed by atoms with van der Waals surface area (Å²) >= 11 is 12.0. The van der Waals surface area contributed by atoms with Gasteiger partial charge in [-0.05, 0) is 60.2 Å². The van der Waals surface area contributed by atoms with Crippen molar-refractivity contribution in [2.24, 2.45) is 0 Å². The Morgan fingerprint density at radius 2 is 1.48 bits per heavy atom. The van der Waals surface area contributed by atoms with Crippen LogP contribution in [0.2, 0.25) is 10.0 Å². The van der Waals surface area contributed by atoms with E-state index < -0.39 is 54.1 Å². The fraction of sp³-hybridized carbons (Fsp3) is 0.185. The van der Waals surface area contributed by atoms with Gasteiger partial charge in [-0.25, -0.2) is 13.6 Å². The zero-order chi connectivity index (χ0) is 29.0. The fourth-order valence-electron chi connectivity index (χ4n) is 4.23. The number of hydrogen-bond acceptors (Lipinski definition) is 4. The number of anilines is 1. The molecule has 1 saturated heterocycles. The first-order valence-electron chi connectivity index (χ1n) is 11.9. The number of hydrogen-bond donors (Lipinski definition) is 3. The number of urea groups is 1. The van der Waals surface area contributed by atoms with E-state index in [0.29, 0.717) is 5.56 Å². The zero-order valence-electron chi connectivity index (χ0n) is 20.6. The van der Waals surface area contributed by atoms with Gasteiger partial charge in [-0.2, -0.15) is 0 Å². The van der Waals surface area contributed by atoms with Gasteiger partial charge in [0, 0.05) is 24.3 Å². The number of carboxylic acid groups (broad SMARTS) is 1. The molecule has 3 N–H and O–H groups in total. The molecule has 0 spiro atoms. The molecule has 0 radical (unpaired) electrons. The van der Waals surface area contributed by atoms with E-state index in [-0.39, 0.29) is 34.4 Å². The molecule has 0 aromatic heterocycles. The minimum atomic E-state index is -1.50. The Labute approximate surface area is 237 Å². The molecule has 1 heterocycles. The fourth-order valence-corrected chi connectivity index (χ4v) is 4.53. The van der Waals surface area contributed by atoms with E-state index in [1.54, 1.807) is 0 Å². The second-order valence-corrected chi connectivity index (χ2v) is 9.66. The van der Waals surface area contributed by atoms with E-state index in [4.69, 9.17) is 23.2 Å². The third-order valence-corrected chi connectivity index (χ3v) is 6.90. The van der Waals surface area contributed by atoms with Crippen molar-refractivity contribution in [2.45, 2.75) is 18.6 Å². The van der Waals surface area contributed by atoms with Gasteiger partial charge < -0.3 is 20.6 Å². The van der Waals surface area contributed by atoms with Crippen LogP contribution in [0.3, 0.4) is 0 Å². The van der Waals surface area contributed by atoms with Crippen LogP contribution in [-0.2, 0) is 9.59 Å². The minimum Gasteiger partial charge on any atom is -0.481 e. The number of benzene rings is 3. The Balaban J connectivity index is 1.65. The first-order chi connectivity index (χ1) is 19.0. The van der Waals surface area contributed by atoms with Crippen LogP contribution < -0.4 is 10.6 Å². The van der Waals surface area contributed by atoms with Crippen LogP contribution in [0.15, 0.2) is 66.7 Å². The number of carbonyl (C=O) groups is 4. The Bertz CT molecular complexity index is 1440. The lowest BCUT2D eigenvalue weighted by molar-refractivity contribution is -0.138. The molecule has 0 saturated carbocycles. The Kier molecular flexibility index (Phi) is 8.86. The maximum absolute atomic E-state index is 13.7. The summed E-state index contributed by atoms with van der Waals surface area (Å²) in [5.74, 6) is -3.79. The van der Waals surface area contributed by atoms with Crippen LogP contribution in [0.4, 0.5) is 19.3 Å². The quantitative estimate of drug-likeness (QED) is 0.361. The van der Waals surface area contributed by atoms with Crippen molar-refractivity contribution in [1.82, 2.24) is 15.1 Å². The second kappa shape index (κ2) is 12.3. The molecule has 2 unspecified atom stereocenters. The van der Waals surface area contributed by atoms with Crippen molar-refractivity contribution in [3.05, 3.63) is 99.5 Å². The highest BCUT2D eigenvalue weighted by atomic mass is 35.5. The normalized spacial score (nSPS) is 15.4. The van der Waals surface area contributed by atoms with Crippen LogP contribution in [0.25, 0.3) is 0 Å². The molecular weight excluding hydrogens is 569 g/mol. The summed E-state index contributed by atoms with van der Waals surface area (Å²) in [6.07, 6.45) is -2.05. The van der Waals surface area contributed by atoms with Gasteiger partial charge >= 0.3 is 12.0 Å². The molecule has 1 aliphatic heterocycles. The molecule has 2 atom stereocenters. The largest absolute Gasteiger partial charge is 0.481 e. The van der Waals surface area contributed by atoms with Crippen LogP contribution in [0.5, 0.6) is 0 Å². The molecule has 9 nitrogen and oxygen atoms in total. The predicted molar refractivity (Wildman–Crippen MR) is 143 cm³/mol. The van der Waals surface area contributed by atoms with Gasteiger partial charge in [-0.3, -0.25) is 19.3 Å². The van der Waals surface area contributed by atoms with E-state index in [2.05, 4.69) is 10.6 Å². The first kappa shape index (κ1) is 28.8. The highest BCUT2D eigenvalue weighted by Gasteiger charge is 2.44. The van der Waals surface area contributed by atoms with Crippen molar-refractivity contribution in [1.29, 1.82) is 0 Å². The average Bonchev–Trinajstić information content (AvgIpc) is 3.36. The molecule has 0 aliphatic carbocycles. The molecule has 1 aliphatic rings. The van der Waals surface area contributed by atoms with Crippen molar-refractivity contribution >= 4 is 52.7 Å². The number of carboxylic acids is 1. The van der Waals surface area contributed by atoms with Gasteiger partial charge in [-0.15, -0.1) is 0 Å². The second-order valence-electron chi connectivity index (χ2n) is 8.84. The molecule has 3 aromatic carbocycles. The molecular formula is C27H22Cl2F2N4O5. The number of amides is 4. The third-order valence-electron chi connectivity index (χ3n) is 6.16. The highest BCUT2D eigenvalue weighted by molar-refractivity contribution is 6.42. The standard InChI is InChI=1S/C27H22Cl2F2N4O5/c28-20-10-3-16(13-21(20)29)26(39)34-11-12-35(27(40)32-19-8-6-18(31)7-9-19)25(34)24(38)33-22(14-23(36)37)15-1-4-17(30)5-2-15/h1-10,13,22,25H,11-12,14H2,(H,32,40)(H,33,38)(H,36,37). The zero-order valence-corrected chi connectivity index (χ0v) is 22.1. The van der Waals surface area contributed by atoms with E-state index in [1.807, 2.05) is 0 Å². The lowest BCUT2D eigenvalue weighted by Crippen LogP contribution is -2.55. The lowest BCUT2D eigenvalue weighted by atomic mass is 10.0. The summed E-state index contributed by atoms with van der Waals surface area (Å²) in [5.41, 5.74) is 0.656. The molecule has 0 bridgehead atoms. The molecule has 4 amide bonds. The summed E-state index contributed by atoms with van der Waals surface area (Å²) in [6.45, 7) is -0.105. The number of carbonyl (C=O) groups excluding carboxylic acids is 3. The van der Waals surface area contributed by atoms with Crippen LogP contribution in [0, 0.1) is 11.6 Å². The molecule has 208 valence electrons. The maximum atomic E-state index is 13.7. The summed E-state index contributed by atoms with van der Waals surface area (Å²) in [4.78, 5) is 54.1. The number of halogens is 4. The molecule has 4 rings (SSSR count). The van der Waals surface area contributed by atoms with Crippen LogP contribution >= 0.6 is 23.2 Å². The first-order valence-corrected chi connectivity index (χ1v) is 12.7. The van der Waals surface area contributed by atoms with E-state index in [1.165, 1.54) is 42.5 Å². The van der Waals surface area contributed by atoms with Gasteiger partial charge in [-0.1, -0.05) is 35.3 Å². The van der Waals surface area contributed by atoms with Crippen molar-refractivity contribution in [3.63, 3.8) is 0 Å². The smallest absolute Gasteiger partial charge is 0.323 e. The van der Waals surface area contributed by atoms with Gasteiger partial charge in [0.1, 0.15) is 11.6 Å². The van der Waals surface area contributed by atoms with E-state index >= 15 is 0 Å². The van der Waals surface area contributed by atoms with Gasteiger partial charge in [0.05, 0.1) is 22.5 Å². The molecule has 13 heteroatoms. The Hall–Kier alpha value is -4.22. The molecule has 40 heavy (non-hydrogen) atoms. The number of nitrogens with one attached hydrogen (secondary N) is 2. The topological polar surface area (TPSA) is 119 Å². The highest BCUT2D eigenvalue weighted by Crippen LogP contribution is 2.27. The van der Waals surface area contributed by atoms with Gasteiger partial charge in [0.25, 0.3) is 11.8 Å². The van der Waals surface area contributed by atoms with Crippen LogP contribution in [-0.4, -0.2) is 58.0 Å². The Morgan fingerprint density at radius 1 is 0.875 bits per heavy atom. The van der Waals surface area contributed by atoms with Crippen LogP contribution in [0.1, 0.15) is 28.4 Å². The minimum absolute atomic E-state index is 0.0475. The van der Waals surface area contributed by atoms with Gasteiger partial charge in [0.15, 0.2) is 6.17 Å². The number of nitrogens with zero attached hydrogens (tertiary/aromatic N) is 2. The lowest BCUT2D eigenvalue weighted by Gasteiger charge is -2.31. The Morgan fingerprint density at radius 3 is 2.08 bits per heavy atom. The van der Waals surface area contributed by atoms with Crippen molar-refractivity contribution in [3.8, 4) is 0 Å². The predicted octanol–water partition coefficient (Wildman–Crippen LogP) is 4.92.